The molecule has 1 amide bonds. The number of rotatable bonds is 2. The van der Waals surface area contributed by atoms with Crippen molar-refractivity contribution in [2.24, 2.45) is 0 Å². The lowest BCUT2D eigenvalue weighted by Gasteiger charge is -2.31. The predicted molar refractivity (Wildman–Crippen MR) is 91.3 cm³/mol. The van der Waals surface area contributed by atoms with Crippen LogP contribution in [-0.4, -0.2) is 35.7 Å². The summed E-state index contributed by atoms with van der Waals surface area (Å²) in [6, 6.07) is 3.80. The molecule has 1 fully saturated rings. The minimum atomic E-state index is -3.25. The van der Waals surface area contributed by atoms with Gasteiger partial charge >= 0.3 is 0 Å². The van der Waals surface area contributed by atoms with Crippen molar-refractivity contribution >= 4 is 79.4 Å². The van der Waals surface area contributed by atoms with E-state index in [1.807, 2.05) is 0 Å². The Labute approximate surface area is 153 Å². The Morgan fingerprint density at radius 1 is 1.23 bits per heavy atom. The van der Waals surface area contributed by atoms with Crippen molar-refractivity contribution in [2.45, 2.75) is 16.3 Å². The lowest BCUT2D eigenvalue weighted by Crippen LogP contribution is -2.47. The highest BCUT2D eigenvalue weighted by atomic mass is 35.6. The zero-order valence-corrected chi connectivity index (χ0v) is 15.5. The van der Waals surface area contributed by atoms with E-state index in [2.05, 4.69) is 0 Å². The van der Waals surface area contributed by atoms with Gasteiger partial charge in [0.05, 0.1) is 28.3 Å². The van der Waals surface area contributed by atoms with Crippen molar-refractivity contribution < 1.29 is 13.2 Å². The van der Waals surface area contributed by atoms with Gasteiger partial charge < -0.3 is 4.90 Å². The monoisotopic (exact) mass is 423 g/mol. The van der Waals surface area contributed by atoms with Crippen LogP contribution in [0.4, 0.5) is 5.69 Å². The maximum atomic E-state index is 12.5. The molecule has 1 atom stereocenters. The van der Waals surface area contributed by atoms with Crippen LogP contribution >= 0.6 is 58.0 Å². The van der Waals surface area contributed by atoms with E-state index in [0.29, 0.717) is 5.02 Å². The molecule has 1 saturated heterocycles. The van der Waals surface area contributed by atoms with E-state index in [-0.39, 0.29) is 28.6 Å². The molecule has 122 valence electrons. The van der Waals surface area contributed by atoms with Gasteiger partial charge in [-0.2, -0.15) is 0 Å². The Morgan fingerprint density at radius 3 is 2.36 bits per heavy atom. The minimum Gasteiger partial charge on any atom is -0.303 e. The molecule has 1 unspecified atom stereocenters. The predicted octanol–water partition coefficient (Wildman–Crippen LogP) is 3.88. The van der Waals surface area contributed by atoms with Crippen LogP contribution in [0.5, 0.6) is 0 Å². The van der Waals surface area contributed by atoms with E-state index in [9.17, 15) is 13.2 Å². The number of sulfone groups is 1. The summed E-state index contributed by atoms with van der Waals surface area (Å²) >= 11 is 29.1. The highest BCUT2D eigenvalue weighted by Gasteiger charge is 2.43. The fraction of sp³-hybridized carbons (Fsp3) is 0.417. The second-order valence-electron chi connectivity index (χ2n) is 4.83. The van der Waals surface area contributed by atoms with Crippen molar-refractivity contribution in [2.75, 3.05) is 16.4 Å². The summed E-state index contributed by atoms with van der Waals surface area (Å²) < 4.78 is 21.2. The van der Waals surface area contributed by atoms with Crippen molar-refractivity contribution in [3.63, 3.8) is 0 Å². The molecule has 22 heavy (non-hydrogen) atoms. The molecule has 1 aromatic rings. The Balaban J connectivity index is 2.51. The molecule has 0 saturated carbocycles. The number of amides is 1. The van der Waals surface area contributed by atoms with Gasteiger partial charge in [-0.3, -0.25) is 4.79 Å². The van der Waals surface area contributed by atoms with Gasteiger partial charge in [0.2, 0.25) is 0 Å². The average molecular weight is 426 g/mol. The molecule has 1 aliphatic rings. The first kappa shape index (κ1) is 18.4. The quantitative estimate of drug-likeness (QED) is 0.676. The number of nitrogens with zero attached hydrogens (tertiary/aromatic N) is 1. The molecule has 1 aromatic carbocycles. The number of benzene rings is 1. The number of hydrogen-bond acceptors (Lipinski definition) is 3. The molecule has 0 bridgehead atoms. The third-order valence-electron chi connectivity index (χ3n) is 3.20. The van der Waals surface area contributed by atoms with Gasteiger partial charge in [0.1, 0.15) is 0 Å². The maximum absolute atomic E-state index is 12.5. The topological polar surface area (TPSA) is 54.5 Å². The van der Waals surface area contributed by atoms with Crippen molar-refractivity contribution in [1.29, 1.82) is 0 Å². The van der Waals surface area contributed by atoms with Crippen LogP contribution < -0.4 is 4.90 Å². The van der Waals surface area contributed by atoms with Crippen LogP contribution in [-0.2, 0) is 14.6 Å². The average Bonchev–Trinajstić information content (AvgIpc) is 2.73. The smallest absolute Gasteiger partial charge is 0.279 e. The Hall–Kier alpha value is 0.0900. The fourth-order valence-corrected chi connectivity index (χ4v) is 4.61. The number of alkyl halides is 3. The molecule has 0 radical (unpaired) electrons. The molecule has 2 rings (SSSR count). The first-order valence-electron chi connectivity index (χ1n) is 6.07. The molecule has 1 heterocycles. The van der Waals surface area contributed by atoms with E-state index < -0.39 is 25.6 Å². The number of halogens is 5. The zero-order chi connectivity index (χ0) is 16.7. The van der Waals surface area contributed by atoms with Gasteiger partial charge in [0.15, 0.2) is 9.84 Å². The van der Waals surface area contributed by atoms with Crippen LogP contribution in [0.25, 0.3) is 0 Å². The SMILES string of the molecule is O=C(N(c1cc(Cl)ccc1Cl)C1CCS(=O)(=O)C1)C(Cl)(Cl)Cl. The highest BCUT2D eigenvalue weighted by molar-refractivity contribution is 7.91. The van der Waals surface area contributed by atoms with Gasteiger partial charge in [-0.15, -0.1) is 0 Å². The van der Waals surface area contributed by atoms with Gasteiger partial charge in [-0.05, 0) is 24.6 Å². The standard InChI is InChI=1S/C12H10Cl5NO3S/c13-7-1-2-9(14)10(5-7)18(11(19)12(15,16)17)8-3-4-22(20,21)6-8/h1-2,5,8H,3-4,6H2. The lowest BCUT2D eigenvalue weighted by atomic mass is 10.2. The second-order valence-corrected chi connectivity index (χ2v) is 10.2. The van der Waals surface area contributed by atoms with E-state index in [1.54, 1.807) is 0 Å². The summed E-state index contributed by atoms with van der Waals surface area (Å²) in [4.78, 5) is 13.6. The van der Waals surface area contributed by atoms with Crippen LogP contribution in [0, 0.1) is 0 Å². The Bertz CT molecular complexity index is 701. The van der Waals surface area contributed by atoms with E-state index in [1.165, 1.54) is 18.2 Å². The first-order valence-corrected chi connectivity index (χ1v) is 9.78. The molecular formula is C12H10Cl5NO3S. The number of carbonyl (C=O) groups excluding carboxylic acids is 1. The summed E-state index contributed by atoms with van der Waals surface area (Å²) in [6.45, 7) is 0. The summed E-state index contributed by atoms with van der Waals surface area (Å²) in [5.41, 5.74) is 0.215. The van der Waals surface area contributed by atoms with Crippen LogP contribution in [0.2, 0.25) is 10.0 Å². The minimum absolute atomic E-state index is 0.0422. The van der Waals surface area contributed by atoms with Crippen LogP contribution in [0.1, 0.15) is 6.42 Å². The van der Waals surface area contributed by atoms with Gasteiger partial charge in [-0.1, -0.05) is 58.0 Å². The molecule has 0 aromatic heterocycles. The zero-order valence-electron chi connectivity index (χ0n) is 10.9. The van der Waals surface area contributed by atoms with Gasteiger partial charge in [0.25, 0.3) is 9.70 Å². The van der Waals surface area contributed by atoms with Crippen molar-refractivity contribution in [3.05, 3.63) is 28.2 Å². The van der Waals surface area contributed by atoms with E-state index in [0.717, 1.165) is 4.90 Å². The second kappa shape index (κ2) is 6.54. The largest absolute Gasteiger partial charge is 0.303 e. The van der Waals surface area contributed by atoms with E-state index in [4.69, 9.17) is 58.0 Å². The summed E-state index contributed by atoms with van der Waals surface area (Å²) in [6.07, 6.45) is 0.234. The summed E-state index contributed by atoms with van der Waals surface area (Å²) in [5.74, 6) is -1.13. The number of hydrogen-bond donors (Lipinski definition) is 0. The van der Waals surface area contributed by atoms with Crippen molar-refractivity contribution in [1.82, 2.24) is 0 Å². The molecule has 0 N–H and O–H groups in total. The van der Waals surface area contributed by atoms with Gasteiger partial charge in [0, 0.05) is 5.02 Å². The molecule has 0 aliphatic carbocycles. The molecule has 0 spiro atoms. The third kappa shape index (κ3) is 4.13. The van der Waals surface area contributed by atoms with Gasteiger partial charge in [-0.25, -0.2) is 8.42 Å². The maximum Gasteiger partial charge on any atom is 0.279 e. The Morgan fingerprint density at radius 2 is 1.86 bits per heavy atom. The highest BCUT2D eigenvalue weighted by Crippen LogP contribution is 2.38. The third-order valence-corrected chi connectivity index (χ3v) is 5.99. The molecule has 4 nitrogen and oxygen atoms in total. The molecular weight excluding hydrogens is 415 g/mol. The van der Waals surface area contributed by atoms with Crippen molar-refractivity contribution in [3.8, 4) is 0 Å². The lowest BCUT2D eigenvalue weighted by molar-refractivity contribution is -0.118. The van der Waals surface area contributed by atoms with Crippen LogP contribution in [0.3, 0.4) is 0 Å². The normalized spacial score (nSPS) is 20.9. The van der Waals surface area contributed by atoms with E-state index >= 15 is 0 Å². The fourth-order valence-electron chi connectivity index (χ4n) is 2.26. The summed E-state index contributed by atoms with van der Waals surface area (Å²) in [7, 11) is -3.25. The number of anilines is 1. The molecule has 1 aliphatic heterocycles. The number of carbonyl (C=O) groups is 1. The molecule has 10 heteroatoms. The summed E-state index contributed by atoms with van der Waals surface area (Å²) in [5, 5.41) is 0.527. The first-order chi connectivity index (χ1) is 10.0. The van der Waals surface area contributed by atoms with Crippen LogP contribution in [0.15, 0.2) is 18.2 Å². The Kier molecular flexibility index (Phi) is 5.47.